The van der Waals surface area contributed by atoms with Crippen LogP contribution in [0, 0.1) is 17.0 Å². The van der Waals surface area contributed by atoms with Crippen LogP contribution in [0.25, 0.3) is 0 Å². The zero-order valence-corrected chi connectivity index (χ0v) is 15.9. The van der Waals surface area contributed by atoms with Crippen LogP contribution >= 0.6 is 23.1 Å². The molecule has 2 rings (SSSR count). The van der Waals surface area contributed by atoms with E-state index in [1.54, 1.807) is 23.1 Å². The Morgan fingerprint density at radius 3 is 2.72 bits per heavy atom. The number of benzene rings is 1. The molecule has 0 radical (unpaired) electrons. The summed E-state index contributed by atoms with van der Waals surface area (Å²) in [5, 5.41) is 9.69. The fourth-order valence-electron chi connectivity index (χ4n) is 2.30. The molecule has 136 valence electrons. The molecule has 0 aliphatic heterocycles. The van der Waals surface area contributed by atoms with Crippen molar-refractivity contribution in [2.24, 2.45) is 0 Å². The third-order valence-corrected chi connectivity index (χ3v) is 5.67. The van der Waals surface area contributed by atoms with Gasteiger partial charge in [-0.05, 0) is 18.9 Å². The molecule has 2 atom stereocenters. The second-order valence-corrected chi connectivity index (χ2v) is 7.43. The lowest BCUT2D eigenvalue weighted by atomic mass is 10.1. The minimum Gasteiger partial charge on any atom is -0.367 e. The van der Waals surface area contributed by atoms with Crippen molar-refractivity contribution in [3.05, 3.63) is 62.1 Å². The fraction of sp³-hybridized carbons (Fsp3) is 0.471. The summed E-state index contributed by atoms with van der Waals surface area (Å²) in [6.07, 6.45) is 0.113. The van der Waals surface area contributed by atoms with E-state index in [2.05, 4.69) is 22.0 Å². The van der Waals surface area contributed by atoms with Crippen molar-refractivity contribution in [3.63, 3.8) is 0 Å². The lowest BCUT2D eigenvalue weighted by Crippen LogP contribution is -2.19. The molecule has 1 aromatic heterocycles. The van der Waals surface area contributed by atoms with E-state index in [9.17, 15) is 10.1 Å². The lowest BCUT2D eigenvalue weighted by Gasteiger charge is -2.18. The van der Waals surface area contributed by atoms with Crippen LogP contribution < -0.4 is 0 Å². The summed E-state index contributed by atoms with van der Waals surface area (Å²) in [6, 6.07) is 10.1. The Morgan fingerprint density at radius 1 is 1.36 bits per heavy atom. The van der Waals surface area contributed by atoms with Crippen LogP contribution in [0.15, 0.2) is 35.8 Å². The zero-order valence-electron chi connectivity index (χ0n) is 14.3. The van der Waals surface area contributed by atoms with E-state index in [4.69, 9.17) is 4.74 Å². The average molecular weight is 383 g/mol. The van der Waals surface area contributed by atoms with Gasteiger partial charge in [0.1, 0.15) is 12.2 Å². The van der Waals surface area contributed by atoms with Crippen molar-refractivity contribution < 1.29 is 14.7 Å². The number of hydrogen-bond donors (Lipinski definition) is 0. The summed E-state index contributed by atoms with van der Waals surface area (Å²) < 4.78 is 6.12. The minimum atomic E-state index is -0.719. The highest BCUT2D eigenvalue weighted by Crippen LogP contribution is 2.31. The zero-order chi connectivity index (χ0) is 18.1. The normalized spacial score (nSPS) is 13.4. The molecule has 8 heteroatoms. The van der Waals surface area contributed by atoms with Crippen LogP contribution in [0.4, 0.5) is 0 Å². The molecule has 0 saturated carbocycles. The molecule has 6 nitrogen and oxygen atoms in total. The summed E-state index contributed by atoms with van der Waals surface area (Å²) in [5.41, 5.74) is 3.92. The first-order chi connectivity index (χ1) is 12.1. The lowest BCUT2D eigenvalue weighted by molar-refractivity contribution is -0.767. The molecule has 0 saturated heterocycles. The van der Waals surface area contributed by atoms with Crippen molar-refractivity contribution in [2.75, 3.05) is 18.1 Å². The predicted octanol–water partition coefficient (Wildman–Crippen LogP) is 4.28. The predicted molar refractivity (Wildman–Crippen MR) is 101 cm³/mol. The van der Waals surface area contributed by atoms with Crippen molar-refractivity contribution in [3.8, 4) is 0 Å². The van der Waals surface area contributed by atoms with Crippen LogP contribution in [0.1, 0.15) is 35.6 Å². The molecule has 25 heavy (non-hydrogen) atoms. The molecule has 1 heterocycles. The van der Waals surface area contributed by atoms with E-state index < -0.39 is 5.09 Å². The monoisotopic (exact) mass is 382 g/mol. The van der Waals surface area contributed by atoms with E-state index in [0.29, 0.717) is 18.8 Å². The number of rotatable bonds is 11. The molecule has 0 N–H and O–H groups in total. The maximum absolute atomic E-state index is 10.4. The molecule has 1 aromatic carbocycles. The van der Waals surface area contributed by atoms with Gasteiger partial charge in [0.05, 0.1) is 22.7 Å². The number of nitrogens with zero attached hydrogens (tertiary/aromatic N) is 2. The third-order valence-electron chi connectivity index (χ3n) is 3.63. The molecule has 2 aromatic rings. The van der Waals surface area contributed by atoms with E-state index >= 15 is 0 Å². The Labute approximate surface area is 155 Å². The number of thiazole rings is 1. The number of aryl methyl sites for hydroxylation is 1. The quantitative estimate of drug-likeness (QED) is 0.328. The Kier molecular flexibility index (Phi) is 8.17. The molecular weight excluding hydrogens is 360 g/mol. The molecule has 0 spiro atoms. The van der Waals surface area contributed by atoms with Gasteiger partial charge >= 0.3 is 0 Å². The van der Waals surface area contributed by atoms with Crippen molar-refractivity contribution >= 4 is 23.1 Å². The van der Waals surface area contributed by atoms with Crippen LogP contribution in [-0.2, 0) is 9.57 Å². The van der Waals surface area contributed by atoms with Gasteiger partial charge in [0, 0.05) is 11.5 Å². The van der Waals surface area contributed by atoms with Gasteiger partial charge in [-0.3, -0.25) is 0 Å². The van der Waals surface area contributed by atoms with Gasteiger partial charge in [0.15, 0.2) is 0 Å². The number of ether oxygens (including phenoxy) is 1. The van der Waals surface area contributed by atoms with Gasteiger partial charge in [0.25, 0.3) is 5.09 Å². The van der Waals surface area contributed by atoms with E-state index in [1.165, 1.54) is 0 Å². The largest absolute Gasteiger partial charge is 0.367 e. The van der Waals surface area contributed by atoms with Gasteiger partial charge in [-0.15, -0.1) is 21.5 Å². The highest BCUT2D eigenvalue weighted by Gasteiger charge is 2.19. The number of thioether (sulfide) groups is 1. The smallest absolute Gasteiger partial charge is 0.294 e. The van der Waals surface area contributed by atoms with Gasteiger partial charge < -0.3 is 9.57 Å². The summed E-state index contributed by atoms with van der Waals surface area (Å²) in [6.45, 7) is 4.42. The average Bonchev–Trinajstić information content (AvgIpc) is 3.03. The van der Waals surface area contributed by atoms with E-state index in [1.807, 2.05) is 37.6 Å². The van der Waals surface area contributed by atoms with Crippen molar-refractivity contribution in [1.82, 2.24) is 4.98 Å². The topological polar surface area (TPSA) is 74.5 Å². The molecule has 2 unspecified atom stereocenters. The van der Waals surface area contributed by atoms with E-state index in [-0.39, 0.29) is 12.2 Å². The molecule has 0 aliphatic rings. The molecular formula is C17H22N2O4S2. The van der Waals surface area contributed by atoms with Gasteiger partial charge in [-0.2, -0.15) is 11.8 Å². The van der Waals surface area contributed by atoms with Crippen LogP contribution in [-0.4, -0.2) is 34.3 Å². The third kappa shape index (κ3) is 6.30. The summed E-state index contributed by atoms with van der Waals surface area (Å²) in [7, 11) is 0. The maximum atomic E-state index is 10.4. The summed E-state index contributed by atoms with van der Waals surface area (Å²) >= 11 is 3.19. The first-order valence-electron chi connectivity index (χ1n) is 8.07. The Bertz CT molecular complexity index is 651. The van der Waals surface area contributed by atoms with Crippen LogP contribution in [0.5, 0.6) is 0 Å². The summed E-state index contributed by atoms with van der Waals surface area (Å²) in [4.78, 5) is 20.5. The van der Waals surface area contributed by atoms with Crippen LogP contribution in [0.2, 0.25) is 0 Å². The van der Waals surface area contributed by atoms with Gasteiger partial charge in [0.2, 0.25) is 0 Å². The van der Waals surface area contributed by atoms with Gasteiger partial charge in [-0.25, -0.2) is 4.98 Å². The van der Waals surface area contributed by atoms with Gasteiger partial charge in [-0.1, -0.05) is 37.3 Å². The van der Waals surface area contributed by atoms with Crippen molar-refractivity contribution in [2.45, 2.75) is 32.5 Å². The number of aromatic nitrogens is 1. The van der Waals surface area contributed by atoms with Crippen LogP contribution in [0.3, 0.4) is 0 Å². The number of hydrogen-bond acceptors (Lipinski definition) is 7. The Hall–Kier alpha value is -1.64. The van der Waals surface area contributed by atoms with Crippen molar-refractivity contribution in [1.29, 1.82) is 0 Å². The molecule has 0 fully saturated rings. The fourth-order valence-corrected chi connectivity index (χ4v) is 4.11. The Balaban J connectivity index is 1.87. The van der Waals surface area contributed by atoms with E-state index in [0.717, 1.165) is 21.9 Å². The highest BCUT2D eigenvalue weighted by molar-refractivity contribution is 7.99. The Morgan fingerprint density at radius 2 is 2.12 bits per heavy atom. The highest BCUT2D eigenvalue weighted by atomic mass is 32.2. The molecule has 0 amide bonds. The standard InChI is InChI=1S/C17H22N2O4S2/c1-3-15(23-19(20)21)11-24-10-9-22-16(14-7-5-4-6-8-14)17-13(2)18-12-25-17/h4-8,12,15-16H,3,9-11H2,1-2H3. The first kappa shape index (κ1) is 19.7. The molecule has 0 bridgehead atoms. The minimum absolute atomic E-state index is 0.133. The SMILES string of the molecule is CCC(CSCCOC(c1ccccc1)c1scnc1C)O[N+](=O)[O-]. The summed E-state index contributed by atoms with van der Waals surface area (Å²) in [5.74, 6) is 1.33. The first-order valence-corrected chi connectivity index (χ1v) is 10.1. The second-order valence-electron chi connectivity index (χ2n) is 5.40. The second kappa shape index (κ2) is 10.4. The molecule has 0 aliphatic carbocycles. The maximum Gasteiger partial charge on any atom is 0.294 e.